The van der Waals surface area contributed by atoms with Gasteiger partial charge < -0.3 is 9.47 Å². The minimum Gasteiger partial charge on any atom is -0.435 e. The lowest BCUT2D eigenvalue weighted by Crippen LogP contribution is -2.14. The van der Waals surface area contributed by atoms with Gasteiger partial charge >= 0.3 is 6.16 Å². The van der Waals surface area contributed by atoms with Gasteiger partial charge in [0.15, 0.2) is 5.56 Å². The average Bonchev–Trinajstić information content (AvgIpc) is 1.88. The van der Waals surface area contributed by atoms with Gasteiger partial charge in [0.25, 0.3) is 0 Å². The Morgan fingerprint density at radius 1 is 1.70 bits per heavy atom. The molecule has 5 heteroatoms. The lowest BCUT2D eigenvalue weighted by molar-refractivity contribution is 0.0541. The van der Waals surface area contributed by atoms with Crippen LogP contribution in [0.15, 0.2) is 0 Å². The monoisotopic (exact) mass is 186 g/mol. The summed E-state index contributed by atoms with van der Waals surface area (Å²) in [6.45, 7) is 1.94. The lowest BCUT2D eigenvalue weighted by Gasteiger charge is -2.06. The summed E-state index contributed by atoms with van der Waals surface area (Å²) in [6.07, 6.45) is -0.789. The number of rotatable bonds is 3. The van der Waals surface area contributed by atoms with Gasteiger partial charge in [-0.15, -0.1) is 11.6 Å². The molecule has 0 aromatic rings. The third kappa shape index (κ3) is 4.70. The van der Waals surface area contributed by atoms with E-state index in [1.807, 2.05) is 0 Å². The molecule has 0 rings (SSSR count). The van der Waals surface area contributed by atoms with Crippen molar-refractivity contribution in [3.8, 4) is 0 Å². The summed E-state index contributed by atoms with van der Waals surface area (Å²) in [7, 11) is 0. The maximum atomic E-state index is 10.4. The van der Waals surface area contributed by atoms with Crippen LogP contribution < -0.4 is 0 Å². The zero-order chi connectivity index (χ0) is 7.98. The molecule has 0 aliphatic carbocycles. The van der Waals surface area contributed by atoms with Gasteiger partial charge in [-0.3, -0.25) is 0 Å². The molecule has 0 saturated carbocycles. The fourth-order valence-corrected chi connectivity index (χ4v) is 0.424. The summed E-state index contributed by atoms with van der Waals surface area (Å²) >= 11 is 10.6. The van der Waals surface area contributed by atoms with Crippen molar-refractivity contribution in [1.29, 1.82) is 0 Å². The van der Waals surface area contributed by atoms with Crippen LogP contribution in [0.5, 0.6) is 0 Å². The molecule has 10 heavy (non-hydrogen) atoms. The molecule has 0 bridgehead atoms. The van der Waals surface area contributed by atoms with Crippen LogP contribution >= 0.6 is 23.2 Å². The predicted molar refractivity (Wildman–Crippen MR) is 38.5 cm³/mol. The number of carbonyl (C=O) groups excluding carboxylic acids is 1. The van der Waals surface area contributed by atoms with Crippen molar-refractivity contribution in [3.05, 3.63) is 0 Å². The first-order valence-electron chi connectivity index (χ1n) is 2.74. The Balaban J connectivity index is 3.37. The quantitative estimate of drug-likeness (QED) is 0.500. The SMILES string of the molecule is CCOC(=O)OC(Cl)CCl. The molecule has 60 valence electrons. The molecule has 0 radical (unpaired) electrons. The standard InChI is InChI=1S/C5H8Cl2O3/c1-2-9-5(8)10-4(7)3-6/h4H,2-3H2,1H3. The Bertz CT molecular complexity index is 107. The summed E-state index contributed by atoms with van der Waals surface area (Å²) in [5.74, 6) is 0.0559. The van der Waals surface area contributed by atoms with E-state index in [0.717, 1.165) is 0 Å². The van der Waals surface area contributed by atoms with Crippen LogP contribution in [0.25, 0.3) is 0 Å². The molecule has 0 saturated heterocycles. The van der Waals surface area contributed by atoms with Crippen molar-refractivity contribution in [2.24, 2.45) is 0 Å². The van der Waals surface area contributed by atoms with Crippen LogP contribution in [0.3, 0.4) is 0 Å². The molecule has 1 atom stereocenters. The zero-order valence-electron chi connectivity index (χ0n) is 5.47. The first kappa shape index (κ1) is 9.85. The molecule has 0 N–H and O–H groups in total. The number of halogens is 2. The van der Waals surface area contributed by atoms with Crippen molar-refractivity contribution < 1.29 is 14.3 Å². The van der Waals surface area contributed by atoms with E-state index in [1.54, 1.807) is 6.92 Å². The summed E-state index contributed by atoms with van der Waals surface area (Å²) in [6, 6.07) is 0. The van der Waals surface area contributed by atoms with E-state index >= 15 is 0 Å². The van der Waals surface area contributed by atoms with E-state index in [4.69, 9.17) is 23.2 Å². The molecule has 0 aromatic carbocycles. The minimum atomic E-state index is -0.805. The summed E-state index contributed by atoms with van der Waals surface area (Å²) in [5.41, 5.74) is -0.805. The van der Waals surface area contributed by atoms with Crippen molar-refractivity contribution in [1.82, 2.24) is 0 Å². The van der Waals surface area contributed by atoms with E-state index in [-0.39, 0.29) is 12.5 Å². The Kier molecular flexibility index (Phi) is 5.54. The Morgan fingerprint density at radius 3 is 2.70 bits per heavy atom. The molecule has 3 nitrogen and oxygen atoms in total. The van der Waals surface area contributed by atoms with Crippen LogP contribution in [0.1, 0.15) is 6.92 Å². The van der Waals surface area contributed by atoms with Crippen molar-refractivity contribution in [3.63, 3.8) is 0 Å². The highest BCUT2D eigenvalue weighted by Crippen LogP contribution is 2.01. The van der Waals surface area contributed by atoms with E-state index in [0.29, 0.717) is 0 Å². The largest absolute Gasteiger partial charge is 0.509 e. The van der Waals surface area contributed by atoms with Crippen LogP contribution in [-0.2, 0) is 9.47 Å². The molecule has 1 unspecified atom stereocenters. The fourth-order valence-electron chi connectivity index (χ4n) is 0.288. The first-order chi connectivity index (χ1) is 4.70. The Morgan fingerprint density at radius 2 is 2.30 bits per heavy atom. The molecule has 0 aliphatic rings. The number of alkyl halides is 2. The molecule has 0 fully saturated rings. The van der Waals surface area contributed by atoms with E-state index in [2.05, 4.69) is 9.47 Å². The summed E-state index contributed by atoms with van der Waals surface area (Å²) in [5, 5.41) is 0. The van der Waals surface area contributed by atoms with Crippen LogP contribution in [-0.4, -0.2) is 24.2 Å². The fraction of sp³-hybridized carbons (Fsp3) is 0.800. The molecule has 0 aliphatic heterocycles. The molecular formula is C5H8Cl2O3. The third-order valence-corrected chi connectivity index (χ3v) is 1.29. The van der Waals surface area contributed by atoms with E-state index in [9.17, 15) is 4.79 Å². The minimum absolute atomic E-state index is 0.0559. The van der Waals surface area contributed by atoms with Gasteiger partial charge in [0.2, 0.25) is 0 Å². The van der Waals surface area contributed by atoms with Gasteiger partial charge in [-0.05, 0) is 6.92 Å². The Hall–Kier alpha value is -0.150. The number of hydrogen-bond donors (Lipinski definition) is 0. The average molecular weight is 187 g/mol. The van der Waals surface area contributed by atoms with Gasteiger partial charge in [0, 0.05) is 0 Å². The molecule has 0 spiro atoms. The predicted octanol–water partition coefficient (Wildman–Crippen LogP) is 1.96. The van der Waals surface area contributed by atoms with E-state index in [1.165, 1.54) is 0 Å². The van der Waals surface area contributed by atoms with Gasteiger partial charge in [-0.1, -0.05) is 11.6 Å². The molecule has 0 heterocycles. The summed E-state index contributed by atoms with van der Waals surface area (Å²) < 4.78 is 8.82. The second kappa shape index (κ2) is 5.62. The highest BCUT2D eigenvalue weighted by molar-refractivity contribution is 6.27. The maximum Gasteiger partial charge on any atom is 0.509 e. The summed E-state index contributed by atoms with van der Waals surface area (Å²) in [4.78, 5) is 10.4. The normalized spacial score (nSPS) is 12.3. The maximum absolute atomic E-state index is 10.4. The van der Waals surface area contributed by atoms with Gasteiger partial charge in [0.1, 0.15) is 0 Å². The number of carbonyl (C=O) groups is 1. The number of hydrogen-bond acceptors (Lipinski definition) is 3. The van der Waals surface area contributed by atoms with Crippen LogP contribution in [0.4, 0.5) is 4.79 Å². The second-order valence-electron chi connectivity index (χ2n) is 1.37. The van der Waals surface area contributed by atoms with Crippen molar-refractivity contribution in [2.75, 3.05) is 12.5 Å². The first-order valence-corrected chi connectivity index (χ1v) is 3.71. The molecule has 0 amide bonds. The molecule has 0 aromatic heterocycles. The highest BCUT2D eigenvalue weighted by atomic mass is 35.5. The van der Waals surface area contributed by atoms with Crippen molar-refractivity contribution in [2.45, 2.75) is 12.5 Å². The second-order valence-corrected chi connectivity index (χ2v) is 2.16. The number of ether oxygens (including phenoxy) is 2. The zero-order valence-corrected chi connectivity index (χ0v) is 6.98. The van der Waals surface area contributed by atoms with E-state index < -0.39 is 11.7 Å². The molecular weight excluding hydrogens is 179 g/mol. The van der Waals surface area contributed by atoms with Gasteiger partial charge in [-0.25, -0.2) is 4.79 Å². The lowest BCUT2D eigenvalue weighted by atomic mass is 10.8. The van der Waals surface area contributed by atoms with Crippen LogP contribution in [0.2, 0.25) is 0 Å². The van der Waals surface area contributed by atoms with Gasteiger partial charge in [-0.2, -0.15) is 0 Å². The van der Waals surface area contributed by atoms with Gasteiger partial charge in [0.05, 0.1) is 12.5 Å². The highest BCUT2D eigenvalue weighted by Gasteiger charge is 2.09. The van der Waals surface area contributed by atoms with Crippen molar-refractivity contribution >= 4 is 29.4 Å². The topological polar surface area (TPSA) is 35.5 Å². The third-order valence-electron chi connectivity index (χ3n) is 0.608. The smallest absolute Gasteiger partial charge is 0.435 e. The Labute approximate surface area is 69.2 Å². The van der Waals surface area contributed by atoms with Crippen LogP contribution in [0, 0.1) is 0 Å².